The molecule has 0 saturated heterocycles. The number of primary amides is 1. The summed E-state index contributed by atoms with van der Waals surface area (Å²) in [6.07, 6.45) is -3.09. The number of alkyl halides is 3. The van der Waals surface area contributed by atoms with Gasteiger partial charge in [-0.05, 0) is 34.5 Å². The van der Waals surface area contributed by atoms with Gasteiger partial charge < -0.3 is 11.1 Å². The highest BCUT2D eigenvalue weighted by atomic mass is 79.9. The lowest BCUT2D eigenvalue weighted by Gasteiger charge is -2.09. The summed E-state index contributed by atoms with van der Waals surface area (Å²) in [5, 5.41) is 6.75. The third-order valence-electron chi connectivity index (χ3n) is 3.61. The summed E-state index contributed by atoms with van der Waals surface area (Å²) in [6, 6.07) is 0.853. The van der Waals surface area contributed by atoms with E-state index in [0.29, 0.717) is 15.8 Å². The normalized spacial score (nSPS) is 11.8. The number of thiophene rings is 1. The number of hydrogen-bond donors (Lipinski definition) is 2. The molecule has 0 unspecified atom stereocenters. The summed E-state index contributed by atoms with van der Waals surface area (Å²) in [5.74, 6) is -1.54. The lowest BCUT2D eigenvalue weighted by molar-refractivity contribution is -0.141. The number of carbonyl (C=O) groups excluding carboxylic acids is 2. The van der Waals surface area contributed by atoms with Crippen molar-refractivity contribution in [3.8, 4) is 0 Å². The molecule has 0 radical (unpaired) electrons. The number of aryl methyl sites for hydroxylation is 2. The Morgan fingerprint density at radius 1 is 1.37 bits per heavy atom. The summed E-state index contributed by atoms with van der Waals surface area (Å²) >= 11 is 3.88. The molecule has 0 spiro atoms. The molecular formula is C15H11BrF3N5O2S. The van der Waals surface area contributed by atoms with Crippen molar-refractivity contribution >= 4 is 55.0 Å². The fraction of sp³-hybridized carbons (Fsp3) is 0.200. The second-order valence-corrected chi connectivity index (χ2v) is 7.48. The highest BCUT2D eigenvalue weighted by Gasteiger charge is 2.34. The molecule has 0 saturated carbocycles. The van der Waals surface area contributed by atoms with Crippen molar-refractivity contribution in [1.29, 1.82) is 0 Å². The average molecular weight is 462 g/mol. The number of nitrogens with two attached hydrogens (primary N) is 1. The van der Waals surface area contributed by atoms with E-state index in [1.165, 1.54) is 11.6 Å². The molecule has 3 N–H and O–H groups in total. The molecule has 7 nitrogen and oxygen atoms in total. The van der Waals surface area contributed by atoms with Crippen LogP contribution in [0.15, 0.2) is 16.7 Å². The number of hydrogen-bond acceptors (Lipinski definition) is 5. The number of carbonyl (C=O) groups is 2. The Morgan fingerprint density at radius 3 is 2.56 bits per heavy atom. The number of amides is 2. The molecule has 12 heteroatoms. The number of nitrogens with one attached hydrogen (secondary N) is 1. The van der Waals surface area contributed by atoms with E-state index in [9.17, 15) is 22.8 Å². The molecule has 3 aromatic heterocycles. The van der Waals surface area contributed by atoms with Gasteiger partial charge in [0.2, 0.25) is 0 Å². The first-order valence-corrected chi connectivity index (χ1v) is 8.91. The molecule has 0 bridgehead atoms. The monoisotopic (exact) mass is 461 g/mol. The van der Waals surface area contributed by atoms with Crippen LogP contribution in [0, 0.1) is 6.92 Å². The van der Waals surface area contributed by atoms with Gasteiger partial charge in [-0.2, -0.15) is 18.3 Å². The first-order chi connectivity index (χ1) is 12.5. The van der Waals surface area contributed by atoms with E-state index in [2.05, 4.69) is 31.3 Å². The first-order valence-electron chi connectivity index (χ1n) is 7.30. The van der Waals surface area contributed by atoms with Crippen LogP contribution in [-0.2, 0) is 13.2 Å². The number of pyridine rings is 1. The van der Waals surface area contributed by atoms with Crippen LogP contribution in [0.5, 0.6) is 0 Å². The third-order valence-corrected chi connectivity index (χ3v) is 5.29. The Labute approximate surface area is 162 Å². The van der Waals surface area contributed by atoms with Gasteiger partial charge in [0.15, 0.2) is 5.69 Å². The van der Waals surface area contributed by atoms with Crippen LogP contribution in [0.3, 0.4) is 0 Å². The number of anilines is 1. The zero-order valence-electron chi connectivity index (χ0n) is 13.8. The van der Waals surface area contributed by atoms with E-state index in [1.54, 1.807) is 13.2 Å². The van der Waals surface area contributed by atoms with Gasteiger partial charge in [-0.3, -0.25) is 14.3 Å². The van der Waals surface area contributed by atoms with Crippen molar-refractivity contribution in [2.24, 2.45) is 12.8 Å². The van der Waals surface area contributed by atoms with Gasteiger partial charge in [-0.15, -0.1) is 11.3 Å². The van der Waals surface area contributed by atoms with Crippen LogP contribution >= 0.6 is 27.3 Å². The molecule has 0 aliphatic carbocycles. The van der Waals surface area contributed by atoms with Gasteiger partial charge in [-0.1, -0.05) is 0 Å². The van der Waals surface area contributed by atoms with Crippen molar-refractivity contribution in [3.63, 3.8) is 0 Å². The molecule has 2 amide bonds. The minimum absolute atomic E-state index is 0.0174. The van der Waals surface area contributed by atoms with Gasteiger partial charge in [0.1, 0.15) is 15.4 Å². The average Bonchev–Trinajstić information content (AvgIpc) is 3.06. The summed E-state index contributed by atoms with van der Waals surface area (Å²) in [6.45, 7) is 1.43. The molecule has 0 aromatic carbocycles. The molecule has 0 aliphatic rings. The highest BCUT2D eigenvalue weighted by molar-refractivity contribution is 9.10. The van der Waals surface area contributed by atoms with Crippen LogP contribution < -0.4 is 11.1 Å². The number of halogens is 4. The molecule has 3 heterocycles. The van der Waals surface area contributed by atoms with Gasteiger partial charge >= 0.3 is 6.18 Å². The van der Waals surface area contributed by atoms with E-state index >= 15 is 0 Å². The maximum absolute atomic E-state index is 13.0. The topological polar surface area (TPSA) is 103 Å². The maximum atomic E-state index is 13.0. The quantitative estimate of drug-likeness (QED) is 0.622. The summed E-state index contributed by atoms with van der Waals surface area (Å²) in [7, 11) is 1.61. The zero-order valence-corrected chi connectivity index (χ0v) is 16.2. The van der Waals surface area contributed by atoms with E-state index in [-0.39, 0.29) is 32.0 Å². The van der Waals surface area contributed by atoms with Gasteiger partial charge in [0.25, 0.3) is 11.8 Å². The van der Waals surface area contributed by atoms with E-state index < -0.39 is 23.7 Å². The Morgan fingerprint density at radius 2 is 2.04 bits per heavy atom. The summed E-state index contributed by atoms with van der Waals surface area (Å²) in [4.78, 5) is 27.7. The second kappa shape index (κ2) is 6.60. The largest absolute Gasteiger partial charge is 0.433 e. The van der Waals surface area contributed by atoms with E-state index in [0.717, 1.165) is 6.07 Å². The maximum Gasteiger partial charge on any atom is 0.433 e. The van der Waals surface area contributed by atoms with Crippen LogP contribution in [-0.4, -0.2) is 26.6 Å². The zero-order chi connectivity index (χ0) is 20.1. The van der Waals surface area contributed by atoms with Crippen LogP contribution in [0.2, 0.25) is 0 Å². The van der Waals surface area contributed by atoms with Crippen LogP contribution in [0.4, 0.5) is 18.9 Å². The molecule has 142 valence electrons. The Balaban J connectivity index is 2.16. The first kappa shape index (κ1) is 19.3. The van der Waals surface area contributed by atoms with Gasteiger partial charge in [-0.25, -0.2) is 4.98 Å². The molecule has 3 rings (SSSR count). The molecule has 3 aromatic rings. The molecule has 0 aliphatic heterocycles. The Kier molecular flexibility index (Phi) is 4.72. The Bertz CT molecular complexity index is 1090. The number of nitrogens with zero attached hydrogens (tertiary/aromatic N) is 3. The van der Waals surface area contributed by atoms with Crippen LogP contribution in [0.25, 0.3) is 10.2 Å². The van der Waals surface area contributed by atoms with Crippen molar-refractivity contribution in [3.05, 3.63) is 38.6 Å². The van der Waals surface area contributed by atoms with Crippen molar-refractivity contribution in [2.45, 2.75) is 13.1 Å². The minimum atomic E-state index is -4.64. The standard InChI is InChI=1S/C15H11BrF3N5O2S/c1-5-3-7(15(17,18)19)21-14-8(5)10(11(27-14)12(20)25)22-13(26)9-6(16)4-24(2)23-9/h3-4H,1-2H3,(H2,20,25)(H,22,26). The molecule has 27 heavy (non-hydrogen) atoms. The fourth-order valence-electron chi connectivity index (χ4n) is 2.51. The third kappa shape index (κ3) is 3.54. The predicted octanol–water partition coefficient (Wildman–Crippen LogP) is 3.47. The van der Waals surface area contributed by atoms with Gasteiger partial charge in [0, 0.05) is 18.6 Å². The number of fused-ring (bicyclic) bond motifs is 1. The Hall–Kier alpha value is -2.47. The molecule has 0 fully saturated rings. The fourth-order valence-corrected chi connectivity index (χ4v) is 4.12. The minimum Gasteiger partial charge on any atom is -0.365 e. The second-order valence-electron chi connectivity index (χ2n) is 5.63. The van der Waals surface area contributed by atoms with Crippen molar-refractivity contribution in [2.75, 3.05) is 5.32 Å². The van der Waals surface area contributed by atoms with E-state index in [1.807, 2.05) is 0 Å². The lowest BCUT2D eigenvalue weighted by Crippen LogP contribution is -2.17. The van der Waals surface area contributed by atoms with Crippen LogP contribution in [0.1, 0.15) is 31.4 Å². The van der Waals surface area contributed by atoms with Crippen molar-refractivity contribution < 1.29 is 22.8 Å². The molecular weight excluding hydrogens is 451 g/mol. The molecule has 0 atom stereocenters. The van der Waals surface area contributed by atoms with Crippen molar-refractivity contribution in [1.82, 2.24) is 14.8 Å². The predicted molar refractivity (Wildman–Crippen MR) is 96.7 cm³/mol. The lowest BCUT2D eigenvalue weighted by atomic mass is 10.1. The number of rotatable bonds is 3. The SMILES string of the molecule is Cc1cc(C(F)(F)F)nc2sc(C(N)=O)c(NC(=O)c3nn(C)cc3Br)c12. The highest BCUT2D eigenvalue weighted by Crippen LogP contribution is 2.40. The number of aromatic nitrogens is 3. The van der Waals surface area contributed by atoms with E-state index in [4.69, 9.17) is 5.73 Å². The summed E-state index contributed by atoms with van der Waals surface area (Å²) < 4.78 is 40.8. The smallest absolute Gasteiger partial charge is 0.365 e. The summed E-state index contributed by atoms with van der Waals surface area (Å²) in [5.41, 5.74) is 4.52. The van der Waals surface area contributed by atoms with Gasteiger partial charge in [0.05, 0.1) is 10.2 Å².